The topological polar surface area (TPSA) is 74.5 Å². The number of nitrogens with zero attached hydrogens (tertiary/aromatic N) is 3. The van der Waals surface area contributed by atoms with Gasteiger partial charge < -0.3 is 4.98 Å². The maximum absolute atomic E-state index is 13.7. The van der Waals surface area contributed by atoms with E-state index in [0.717, 1.165) is 26.7 Å². The smallest absolute Gasteiger partial charge is 0.272 e. The Hall–Kier alpha value is -3.86. The Kier molecular flexibility index (Phi) is 5.61. The van der Waals surface area contributed by atoms with E-state index in [1.165, 1.54) is 34.0 Å². The number of fused-ring (bicyclic) bond motifs is 4. The molecule has 0 bridgehead atoms. The average molecular weight is 493 g/mol. The first-order valence-corrected chi connectivity index (χ1v) is 13.1. The van der Waals surface area contributed by atoms with Crippen molar-refractivity contribution in [1.82, 2.24) is 14.5 Å². The number of H-pyrrole nitrogens is 1. The highest BCUT2D eigenvalue weighted by Crippen LogP contribution is 2.33. The van der Waals surface area contributed by atoms with E-state index in [-0.39, 0.29) is 5.56 Å². The van der Waals surface area contributed by atoms with Gasteiger partial charge in [0, 0.05) is 39.5 Å². The van der Waals surface area contributed by atoms with Crippen molar-refractivity contribution >= 4 is 54.3 Å². The van der Waals surface area contributed by atoms with Crippen LogP contribution in [0.15, 0.2) is 88.9 Å². The molecule has 0 spiro atoms. The van der Waals surface area contributed by atoms with E-state index in [1.54, 1.807) is 4.57 Å². The first-order chi connectivity index (χ1) is 17.2. The number of thiophene rings is 1. The normalized spacial score (nSPS) is 11.4. The van der Waals surface area contributed by atoms with Gasteiger partial charge in [0.2, 0.25) is 0 Å². The maximum atomic E-state index is 13.7. The zero-order valence-corrected chi connectivity index (χ0v) is 20.3. The molecule has 5 nitrogen and oxygen atoms in total. The second-order valence-electron chi connectivity index (χ2n) is 8.29. The predicted molar refractivity (Wildman–Crippen MR) is 144 cm³/mol. The molecule has 0 saturated carbocycles. The number of hydrogen-bond acceptors (Lipinski definition) is 5. The molecule has 0 aliphatic rings. The summed E-state index contributed by atoms with van der Waals surface area (Å²) in [5.41, 5.74) is 4.61. The number of thioether (sulfide) groups is 1. The Morgan fingerprint density at radius 2 is 1.74 bits per heavy atom. The minimum absolute atomic E-state index is 0.00731. The van der Waals surface area contributed by atoms with Crippen LogP contribution in [0.3, 0.4) is 0 Å². The zero-order chi connectivity index (χ0) is 23.8. The van der Waals surface area contributed by atoms with Crippen molar-refractivity contribution in [1.29, 1.82) is 5.26 Å². The number of aromatic amines is 1. The van der Waals surface area contributed by atoms with Gasteiger partial charge in [-0.05, 0) is 35.7 Å². The second-order valence-corrected chi connectivity index (χ2v) is 10.3. The van der Waals surface area contributed by atoms with Gasteiger partial charge in [-0.15, -0.1) is 11.3 Å². The van der Waals surface area contributed by atoms with Crippen LogP contribution in [0.5, 0.6) is 0 Å². The third kappa shape index (κ3) is 3.91. The molecule has 35 heavy (non-hydrogen) atoms. The van der Waals surface area contributed by atoms with Crippen LogP contribution in [-0.4, -0.2) is 14.5 Å². The van der Waals surface area contributed by atoms with Crippen LogP contribution in [-0.2, 0) is 18.7 Å². The number of aryl methyl sites for hydroxylation is 1. The number of hydrogen-bond donors (Lipinski definition) is 1. The molecule has 6 aromatic rings. The highest BCUT2D eigenvalue weighted by atomic mass is 32.2. The monoisotopic (exact) mass is 492 g/mol. The molecule has 6 rings (SSSR count). The molecule has 1 N–H and O–H groups in total. The van der Waals surface area contributed by atoms with Crippen LogP contribution in [0.1, 0.15) is 16.7 Å². The molecule has 3 aromatic heterocycles. The summed E-state index contributed by atoms with van der Waals surface area (Å²) in [5.74, 6) is 0.566. The molecule has 0 unspecified atom stereocenters. The minimum atomic E-state index is -0.00731. The van der Waals surface area contributed by atoms with Gasteiger partial charge in [-0.1, -0.05) is 66.4 Å². The van der Waals surface area contributed by atoms with Gasteiger partial charge in [0.25, 0.3) is 5.56 Å². The average Bonchev–Trinajstić information content (AvgIpc) is 3.49. The van der Waals surface area contributed by atoms with Gasteiger partial charge in [-0.3, -0.25) is 9.36 Å². The third-order valence-electron chi connectivity index (χ3n) is 6.22. The molecular formula is C28H20N4OS2. The molecule has 3 heterocycles. The minimum Gasteiger partial charge on any atom is -0.361 e. The van der Waals surface area contributed by atoms with Crippen LogP contribution < -0.4 is 5.56 Å². The van der Waals surface area contributed by atoms with E-state index in [1.807, 2.05) is 66.9 Å². The molecule has 0 saturated heterocycles. The fourth-order valence-corrected chi connectivity index (χ4v) is 6.54. The summed E-state index contributed by atoms with van der Waals surface area (Å²) in [6.07, 6.45) is 2.74. The molecule has 170 valence electrons. The SMILES string of the molecule is N#Cc1ccccc1CSc1nc2c(sc3ccccc32)c(=O)n1CCc1c[nH]c2ccccc12. The lowest BCUT2D eigenvalue weighted by atomic mass is 10.1. The van der Waals surface area contributed by atoms with Crippen molar-refractivity contribution in [2.45, 2.75) is 23.9 Å². The lowest BCUT2D eigenvalue weighted by Gasteiger charge is -2.12. The summed E-state index contributed by atoms with van der Waals surface area (Å²) in [6.45, 7) is 0.528. The molecular weight excluding hydrogens is 472 g/mol. The van der Waals surface area contributed by atoms with Crippen molar-refractivity contribution in [3.05, 3.63) is 106 Å². The largest absolute Gasteiger partial charge is 0.361 e. The van der Waals surface area contributed by atoms with E-state index in [2.05, 4.69) is 23.2 Å². The van der Waals surface area contributed by atoms with Crippen molar-refractivity contribution in [3.8, 4) is 6.07 Å². The molecule has 7 heteroatoms. The van der Waals surface area contributed by atoms with Crippen molar-refractivity contribution in [3.63, 3.8) is 0 Å². The molecule has 0 aliphatic carbocycles. The van der Waals surface area contributed by atoms with Crippen molar-refractivity contribution in [2.24, 2.45) is 0 Å². The zero-order valence-electron chi connectivity index (χ0n) is 18.7. The molecule has 3 aromatic carbocycles. The van der Waals surface area contributed by atoms with Gasteiger partial charge in [0.05, 0.1) is 17.1 Å². The van der Waals surface area contributed by atoms with Gasteiger partial charge in [0.1, 0.15) is 4.70 Å². The third-order valence-corrected chi connectivity index (χ3v) is 8.39. The fourth-order valence-electron chi connectivity index (χ4n) is 4.43. The second kappa shape index (κ2) is 9.06. The van der Waals surface area contributed by atoms with Crippen molar-refractivity contribution in [2.75, 3.05) is 0 Å². The Labute approximate surface area is 209 Å². The molecule has 0 fully saturated rings. The van der Waals surface area contributed by atoms with Crippen LogP contribution in [0, 0.1) is 11.3 Å². The summed E-state index contributed by atoms with van der Waals surface area (Å²) in [7, 11) is 0. The van der Waals surface area contributed by atoms with Crippen LogP contribution in [0.2, 0.25) is 0 Å². The predicted octanol–water partition coefficient (Wildman–Crippen LogP) is 6.50. The lowest BCUT2D eigenvalue weighted by Crippen LogP contribution is -2.23. The van der Waals surface area contributed by atoms with E-state index in [0.29, 0.717) is 34.1 Å². The summed E-state index contributed by atoms with van der Waals surface area (Å²) < 4.78 is 3.55. The Balaban J connectivity index is 1.43. The molecule has 0 radical (unpaired) electrons. The summed E-state index contributed by atoms with van der Waals surface area (Å²) in [4.78, 5) is 22.1. The first kappa shape index (κ1) is 21.7. The Bertz CT molecular complexity index is 1810. The fraction of sp³-hybridized carbons (Fsp3) is 0.107. The summed E-state index contributed by atoms with van der Waals surface area (Å²) in [5, 5.41) is 12.4. The Morgan fingerprint density at radius 3 is 2.63 bits per heavy atom. The van der Waals surface area contributed by atoms with Crippen LogP contribution >= 0.6 is 23.1 Å². The van der Waals surface area contributed by atoms with Gasteiger partial charge in [-0.25, -0.2) is 4.98 Å². The van der Waals surface area contributed by atoms with E-state index < -0.39 is 0 Å². The lowest BCUT2D eigenvalue weighted by molar-refractivity contribution is 0.598. The van der Waals surface area contributed by atoms with Crippen LogP contribution in [0.25, 0.3) is 31.2 Å². The Morgan fingerprint density at radius 1 is 0.971 bits per heavy atom. The molecule has 0 amide bonds. The maximum Gasteiger partial charge on any atom is 0.272 e. The highest BCUT2D eigenvalue weighted by molar-refractivity contribution is 7.98. The standard InChI is InChI=1S/C28H20N4OS2/c29-15-18-7-1-2-8-20(18)17-34-28-31-25-22-10-4-6-12-24(22)35-26(25)27(33)32(28)14-13-19-16-30-23-11-5-3-9-21(19)23/h1-12,16,30H,13-14,17H2. The number of aromatic nitrogens is 3. The summed E-state index contributed by atoms with van der Waals surface area (Å²) in [6, 6.07) is 26.1. The van der Waals surface area contributed by atoms with Gasteiger partial charge in [-0.2, -0.15) is 5.26 Å². The first-order valence-electron chi connectivity index (χ1n) is 11.3. The van der Waals surface area contributed by atoms with Gasteiger partial charge >= 0.3 is 0 Å². The number of para-hydroxylation sites is 1. The number of benzene rings is 3. The van der Waals surface area contributed by atoms with Gasteiger partial charge in [0.15, 0.2) is 5.16 Å². The quantitative estimate of drug-likeness (QED) is 0.213. The van der Waals surface area contributed by atoms with E-state index >= 15 is 0 Å². The van der Waals surface area contributed by atoms with Crippen LogP contribution in [0.4, 0.5) is 0 Å². The van der Waals surface area contributed by atoms with E-state index in [9.17, 15) is 10.1 Å². The number of nitrogens with one attached hydrogen (secondary N) is 1. The molecule has 0 aliphatic heterocycles. The molecule has 0 atom stereocenters. The highest BCUT2D eigenvalue weighted by Gasteiger charge is 2.17. The summed E-state index contributed by atoms with van der Waals surface area (Å²) >= 11 is 3.01. The van der Waals surface area contributed by atoms with E-state index in [4.69, 9.17) is 4.98 Å². The number of rotatable bonds is 6. The number of nitriles is 1. The van der Waals surface area contributed by atoms with Crippen molar-refractivity contribution < 1.29 is 0 Å².